The fourth-order valence-electron chi connectivity index (χ4n) is 3.39. The Hall–Kier alpha value is -2.37. The summed E-state index contributed by atoms with van der Waals surface area (Å²) in [5.74, 6) is 1.24. The molecule has 0 saturated carbocycles. The monoisotopic (exact) mass is 327 g/mol. The first-order valence-electron chi connectivity index (χ1n) is 8.60. The largest absolute Gasteiger partial charge is 0.324 e. The smallest absolute Gasteiger partial charge is 0.321 e. The van der Waals surface area contributed by atoms with Crippen LogP contribution in [0.1, 0.15) is 42.6 Å². The maximum atomic E-state index is 12.7. The Bertz CT molecular complexity index is 704. The number of amides is 2. The molecule has 128 valence electrons. The fourth-order valence-corrected chi connectivity index (χ4v) is 3.39. The molecule has 2 heterocycles. The second-order valence-electron chi connectivity index (χ2n) is 6.46. The molecule has 0 bridgehead atoms. The van der Waals surface area contributed by atoms with Crippen LogP contribution in [0.15, 0.2) is 24.5 Å². The summed E-state index contributed by atoms with van der Waals surface area (Å²) < 4.78 is 2.07. The third kappa shape index (κ3) is 3.27. The number of hydrogen-bond acceptors (Lipinski definition) is 3. The van der Waals surface area contributed by atoms with Crippen molar-refractivity contribution in [3.63, 3.8) is 0 Å². The molecule has 1 saturated heterocycles. The number of nitrogens with zero attached hydrogens (tertiary/aromatic N) is 4. The highest BCUT2D eigenvalue weighted by atomic mass is 16.2. The van der Waals surface area contributed by atoms with Crippen LogP contribution in [0.25, 0.3) is 0 Å². The lowest BCUT2D eigenvalue weighted by Crippen LogP contribution is -2.42. The number of carbonyl (C=O) groups is 1. The van der Waals surface area contributed by atoms with E-state index in [1.54, 1.807) is 6.33 Å². The van der Waals surface area contributed by atoms with E-state index in [0.29, 0.717) is 6.54 Å². The van der Waals surface area contributed by atoms with Crippen LogP contribution in [-0.4, -0.2) is 38.8 Å². The number of anilines is 1. The molecule has 6 nitrogen and oxygen atoms in total. The number of aromatic nitrogens is 3. The number of carbonyl (C=O) groups excluding carboxylic acids is 1. The summed E-state index contributed by atoms with van der Waals surface area (Å²) in [6, 6.07) is 6.02. The van der Waals surface area contributed by atoms with E-state index < -0.39 is 0 Å². The van der Waals surface area contributed by atoms with Gasteiger partial charge in [0.05, 0.1) is 0 Å². The van der Waals surface area contributed by atoms with E-state index in [2.05, 4.69) is 27.0 Å². The number of piperidine rings is 1. The van der Waals surface area contributed by atoms with Crippen LogP contribution in [-0.2, 0) is 6.54 Å². The highest BCUT2D eigenvalue weighted by Gasteiger charge is 2.28. The van der Waals surface area contributed by atoms with Crippen molar-refractivity contribution in [1.29, 1.82) is 0 Å². The summed E-state index contributed by atoms with van der Waals surface area (Å²) in [4.78, 5) is 14.6. The number of likely N-dealkylation sites (tertiary alicyclic amines) is 1. The molecule has 24 heavy (non-hydrogen) atoms. The van der Waals surface area contributed by atoms with Gasteiger partial charge in [-0.1, -0.05) is 18.2 Å². The summed E-state index contributed by atoms with van der Waals surface area (Å²) in [5, 5.41) is 11.4. The Kier molecular flexibility index (Phi) is 4.83. The predicted molar refractivity (Wildman–Crippen MR) is 94.2 cm³/mol. The summed E-state index contributed by atoms with van der Waals surface area (Å²) in [6.07, 6.45) is 3.80. The van der Waals surface area contributed by atoms with E-state index in [1.165, 1.54) is 0 Å². The van der Waals surface area contributed by atoms with E-state index in [-0.39, 0.29) is 11.9 Å². The molecule has 0 radical (unpaired) electrons. The summed E-state index contributed by atoms with van der Waals surface area (Å²) >= 11 is 0. The van der Waals surface area contributed by atoms with Gasteiger partial charge < -0.3 is 14.8 Å². The minimum Gasteiger partial charge on any atom is -0.324 e. The van der Waals surface area contributed by atoms with Gasteiger partial charge in [-0.15, -0.1) is 10.2 Å². The van der Waals surface area contributed by atoms with Crippen LogP contribution in [0, 0.1) is 13.8 Å². The molecule has 1 aromatic heterocycles. The summed E-state index contributed by atoms with van der Waals surface area (Å²) in [5.41, 5.74) is 3.09. The Morgan fingerprint density at radius 3 is 2.79 bits per heavy atom. The maximum absolute atomic E-state index is 12.7. The van der Waals surface area contributed by atoms with Crippen molar-refractivity contribution in [2.45, 2.75) is 46.1 Å². The molecule has 0 spiro atoms. The number of urea groups is 1. The quantitative estimate of drug-likeness (QED) is 0.940. The lowest BCUT2D eigenvalue weighted by molar-refractivity contribution is 0.190. The third-order valence-electron chi connectivity index (χ3n) is 4.77. The predicted octanol–water partition coefficient (Wildman–Crippen LogP) is 3.33. The molecule has 1 aliphatic rings. The Labute approximate surface area is 142 Å². The first-order chi connectivity index (χ1) is 11.6. The van der Waals surface area contributed by atoms with Crippen LogP contribution < -0.4 is 5.32 Å². The zero-order valence-corrected chi connectivity index (χ0v) is 14.6. The Balaban J connectivity index is 1.71. The average molecular weight is 327 g/mol. The van der Waals surface area contributed by atoms with E-state index in [9.17, 15) is 4.79 Å². The van der Waals surface area contributed by atoms with Gasteiger partial charge in [0.15, 0.2) is 0 Å². The average Bonchev–Trinajstić information content (AvgIpc) is 3.07. The van der Waals surface area contributed by atoms with E-state index in [0.717, 1.165) is 48.6 Å². The van der Waals surface area contributed by atoms with Gasteiger partial charge in [-0.25, -0.2) is 4.79 Å². The van der Waals surface area contributed by atoms with E-state index in [1.807, 2.05) is 36.9 Å². The van der Waals surface area contributed by atoms with E-state index in [4.69, 9.17) is 0 Å². The number of rotatable bonds is 3. The first kappa shape index (κ1) is 16.5. The highest BCUT2D eigenvalue weighted by Crippen LogP contribution is 2.27. The van der Waals surface area contributed by atoms with Crippen molar-refractivity contribution >= 4 is 11.7 Å². The van der Waals surface area contributed by atoms with Crippen LogP contribution in [0.5, 0.6) is 0 Å². The molecule has 1 aromatic carbocycles. The molecule has 1 atom stereocenters. The van der Waals surface area contributed by atoms with Gasteiger partial charge in [0.1, 0.15) is 12.2 Å². The standard InChI is InChI=1S/C18H25N5O/c1-4-22-12-19-21-17(22)15-9-6-10-23(11-15)18(24)20-16-13(2)7-5-8-14(16)3/h5,7-8,12,15H,4,6,9-11H2,1-3H3,(H,20,24). The van der Waals surface area contributed by atoms with Gasteiger partial charge >= 0.3 is 6.03 Å². The molecule has 1 N–H and O–H groups in total. The van der Waals surface area contributed by atoms with Crippen LogP contribution in [0.2, 0.25) is 0 Å². The lowest BCUT2D eigenvalue weighted by Gasteiger charge is -2.32. The lowest BCUT2D eigenvalue weighted by atomic mass is 9.97. The summed E-state index contributed by atoms with van der Waals surface area (Å²) in [7, 11) is 0. The van der Waals surface area contributed by atoms with Crippen LogP contribution in [0.4, 0.5) is 10.5 Å². The zero-order chi connectivity index (χ0) is 17.1. The SMILES string of the molecule is CCn1cnnc1C1CCCN(C(=O)Nc2c(C)cccc2C)C1. The van der Waals surface area contributed by atoms with Crippen LogP contribution >= 0.6 is 0 Å². The van der Waals surface area contributed by atoms with Gasteiger partial charge in [-0.2, -0.15) is 0 Å². The highest BCUT2D eigenvalue weighted by molar-refractivity contribution is 5.91. The molecule has 0 aliphatic carbocycles. The van der Waals surface area contributed by atoms with E-state index >= 15 is 0 Å². The van der Waals surface area contributed by atoms with Gasteiger partial charge in [-0.3, -0.25) is 0 Å². The van der Waals surface area contributed by atoms with Crippen molar-refractivity contribution < 1.29 is 4.79 Å². The van der Waals surface area contributed by atoms with Gasteiger partial charge in [0.25, 0.3) is 0 Å². The van der Waals surface area contributed by atoms with Gasteiger partial charge in [0.2, 0.25) is 0 Å². The number of para-hydroxylation sites is 1. The molecule has 2 amide bonds. The van der Waals surface area contributed by atoms with Crippen molar-refractivity contribution in [1.82, 2.24) is 19.7 Å². The van der Waals surface area contributed by atoms with Crippen molar-refractivity contribution in [2.75, 3.05) is 18.4 Å². The Morgan fingerprint density at radius 1 is 1.33 bits per heavy atom. The first-order valence-corrected chi connectivity index (χ1v) is 8.60. The molecule has 3 rings (SSSR count). The fraction of sp³-hybridized carbons (Fsp3) is 0.500. The normalized spacial score (nSPS) is 17.8. The molecular formula is C18H25N5O. The summed E-state index contributed by atoms with van der Waals surface area (Å²) in [6.45, 7) is 8.45. The molecule has 1 fully saturated rings. The molecule has 6 heteroatoms. The topological polar surface area (TPSA) is 63.1 Å². The molecule has 1 aliphatic heterocycles. The van der Waals surface area contributed by atoms with Gasteiger partial charge in [-0.05, 0) is 44.7 Å². The molecular weight excluding hydrogens is 302 g/mol. The van der Waals surface area contributed by atoms with Crippen molar-refractivity contribution in [2.24, 2.45) is 0 Å². The maximum Gasteiger partial charge on any atom is 0.321 e. The van der Waals surface area contributed by atoms with Crippen molar-refractivity contribution in [3.8, 4) is 0 Å². The number of nitrogens with one attached hydrogen (secondary N) is 1. The van der Waals surface area contributed by atoms with Crippen LogP contribution in [0.3, 0.4) is 0 Å². The number of aryl methyl sites for hydroxylation is 3. The third-order valence-corrected chi connectivity index (χ3v) is 4.77. The second kappa shape index (κ2) is 7.03. The minimum absolute atomic E-state index is 0.0281. The number of hydrogen-bond donors (Lipinski definition) is 1. The molecule has 2 aromatic rings. The number of benzene rings is 1. The van der Waals surface area contributed by atoms with Crippen molar-refractivity contribution in [3.05, 3.63) is 41.5 Å². The zero-order valence-electron chi connectivity index (χ0n) is 14.6. The Morgan fingerprint density at radius 2 is 2.08 bits per heavy atom. The molecule has 1 unspecified atom stereocenters. The van der Waals surface area contributed by atoms with Gasteiger partial charge in [0, 0.05) is 31.2 Å². The second-order valence-corrected chi connectivity index (χ2v) is 6.46. The minimum atomic E-state index is -0.0281.